The van der Waals surface area contributed by atoms with Gasteiger partial charge >= 0.3 is 5.97 Å². The number of aliphatic carboxylic acids is 1. The highest BCUT2D eigenvalue weighted by molar-refractivity contribution is 6.36. The summed E-state index contributed by atoms with van der Waals surface area (Å²) in [6.45, 7) is -0.176. The largest absolute Gasteiger partial charge is 0.499 e. The summed E-state index contributed by atoms with van der Waals surface area (Å²) in [7, 11) is 1.42. The lowest BCUT2D eigenvalue weighted by Crippen LogP contribution is -2.39. The number of carbonyl (C=O) groups is 2. The van der Waals surface area contributed by atoms with E-state index in [-0.39, 0.29) is 42.3 Å². The lowest BCUT2D eigenvalue weighted by molar-refractivity contribution is -0.132. The van der Waals surface area contributed by atoms with E-state index in [1.807, 2.05) is 0 Å². The predicted octanol–water partition coefficient (Wildman–Crippen LogP) is 0.910. The third kappa shape index (κ3) is 2.59. The molecule has 3 rings (SSSR count). The van der Waals surface area contributed by atoms with Gasteiger partial charge in [0.2, 0.25) is 0 Å². The van der Waals surface area contributed by atoms with Crippen LogP contribution in [0, 0.1) is 0 Å². The quantitative estimate of drug-likeness (QED) is 0.728. The summed E-state index contributed by atoms with van der Waals surface area (Å²) < 4.78 is 10.8. The Bertz CT molecular complexity index is 720. The van der Waals surface area contributed by atoms with E-state index in [4.69, 9.17) is 21.1 Å². The molecule has 1 aliphatic carbocycles. The zero-order valence-electron chi connectivity index (χ0n) is 12.9. The molecular formula is C16H16ClNO6. The number of nitrogens with zero attached hydrogens (tertiary/aromatic N) is 1. The first-order valence-corrected chi connectivity index (χ1v) is 7.76. The summed E-state index contributed by atoms with van der Waals surface area (Å²) in [5.41, 5.74) is 0.932. The number of aliphatic hydroxyl groups excluding tert-OH is 1. The maximum absolute atomic E-state index is 12.7. The number of hydrogen-bond acceptors (Lipinski definition) is 6. The lowest BCUT2D eigenvalue weighted by atomic mass is 9.93. The van der Waals surface area contributed by atoms with E-state index in [9.17, 15) is 19.8 Å². The Morgan fingerprint density at radius 3 is 2.92 bits per heavy atom. The van der Waals surface area contributed by atoms with Crippen LogP contribution in [-0.2, 0) is 19.1 Å². The zero-order chi connectivity index (χ0) is 17.4. The minimum atomic E-state index is -1.05. The molecule has 0 fully saturated rings. The monoisotopic (exact) mass is 353 g/mol. The van der Waals surface area contributed by atoms with Crippen molar-refractivity contribution in [1.29, 1.82) is 0 Å². The number of Topliss-reactive ketones (excluding diaryl/α,β-unsaturated/α-hetero) is 1. The van der Waals surface area contributed by atoms with Gasteiger partial charge in [-0.3, -0.25) is 4.79 Å². The van der Waals surface area contributed by atoms with Crippen LogP contribution in [0.15, 0.2) is 46.7 Å². The van der Waals surface area contributed by atoms with E-state index in [0.717, 1.165) is 0 Å². The van der Waals surface area contributed by atoms with Gasteiger partial charge in [0.15, 0.2) is 11.2 Å². The summed E-state index contributed by atoms with van der Waals surface area (Å²) in [6.07, 6.45) is 4.80. The number of carboxylic acid groups (broad SMARTS) is 1. The third-order valence-corrected chi connectivity index (χ3v) is 4.55. The van der Waals surface area contributed by atoms with E-state index in [2.05, 4.69) is 0 Å². The van der Waals surface area contributed by atoms with Gasteiger partial charge in [0.05, 0.1) is 36.6 Å². The molecule has 2 heterocycles. The maximum atomic E-state index is 12.7. The molecule has 2 N–H and O–H groups in total. The standard InChI is InChI=1S/C16H16ClNO6/c1-23-12-4-11-13(15(20)14(12)17)10-3-2-8(16(21)22)5-18(10)9(6-19)7-24-11/h3-5,9,14,19H,2,6-7H2,1H3,(H,21,22). The number of ether oxygens (including phenoxy) is 2. The van der Waals surface area contributed by atoms with Crippen molar-refractivity contribution in [2.45, 2.75) is 17.8 Å². The van der Waals surface area contributed by atoms with E-state index in [0.29, 0.717) is 11.5 Å². The van der Waals surface area contributed by atoms with Crippen LogP contribution in [0.4, 0.5) is 0 Å². The molecule has 24 heavy (non-hydrogen) atoms. The number of aliphatic hydroxyl groups is 1. The van der Waals surface area contributed by atoms with Crippen LogP contribution in [0.1, 0.15) is 6.42 Å². The highest BCUT2D eigenvalue weighted by Gasteiger charge is 2.40. The van der Waals surface area contributed by atoms with E-state index in [1.54, 1.807) is 17.1 Å². The SMILES string of the molecule is COC1=CC2=C(C(=O)C1Cl)C1=CCC(C(=O)O)=CN1C(CO)CO2. The minimum absolute atomic E-state index is 0.0871. The molecule has 128 valence electrons. The molecule has 7 nitrogen and oxygen atoms in total. The van der Waals surface area contributed by atoms with Crippen molar-refractivity contribution in [3.8, 4) is 0 Å². The molecule has 8 heteroatoms. The van der Waals surface area contributed by atoms with E-state index >= 15 is 0 Å². The number of carboxylic acids is 1. The highest BCUT2D eigenvalue weighted by atomic mass is 35.5. The second-order valence-electron chi connectivity index (χ2n) is 5.52. The van der Waals surface area contributed by atoms with Crippen molar-refractivity contribution in [2.24, 2.45) is 0 Å². The van der Waals surface area contributed by atoms with Crippen molar-refractivity contribution in [3.05, 3.63) is 46.7 Å². The molecular weight excluding hydrogens is 338 g/mol. The second kappa shape index (κ2) is 6.33. The molecule has 0 radical (unpaired) electrons. The van der Waals surface area contributed by atoms with Crippen LogP contribution in [0.25, 0.3) is 0 Å². The molecule has 3 aliphatic rings. The first-order chi connectivity index (χ1) is 11.5. The molecule has 2 aliphatic heterocycles. The molecule has 0 bridgehead atoms. The molecule has 0 saturated heterocycles. The fraction of sp³-hybridized carbons (Fsp3) is 0.375. The van der Waals surface area contributed by atoms with Gasteiger partial charge in [-0.05, 0) is 0 Å². The summed E-state index contributed by atoms with van der Waals surface area (Å²) >= 11 is 6.15. The normalized spacial score (nSPS) is 26.4. The van der Waals surface area contributed by atoms with E-state index in [1.165, 1.54) is 13.3 Å². The fourth-order valence-electron chi connectivity index (χ4n) is 2.87. The first kappa shape index (κ1) is 16.6. The highest BCUT2D eigenvalue weighted by Crippen LogP contribution is 2.37. The van der Waals surface area contributed by atoms with Gasteiger partial charge in [0.1, 0.15) is 18.1 Å². The molecule has 0 saturated carbocycles. The second-order valence-corrected chi connectivity index (χ2v) is 5.96. The number of hydrogen-bond donors (Lipinski definition) is 2. The van der Waals surface area contributed by atoms with Crippen LogP contribution >= 0.6 is 11.6 Å². The Hall–Kier alpha value is -2.25. The number of ketones is 1. The van der Waals surface area contributed by atoms with E-state index < -0.39 is 17.4 Å². The predicted molar refractivity (Wildman–Crippen MR) is 83.8 cm³/mol. The summed E-state index contributed by atoms with van der Waals surface area (Å²) in [4.78, 5) is 25.5. The minimum Gasteiger partial charge on any atom is -0.499 e. The summed E-state index contributed by atoms with van der Waals surface area (Å²) in [6, 6.07) is -0.516. The lowest BCUT2D eigenvalue weighted by Gasteiger charge is -2.32. The van der Waals surface area contributed by atoms with Crippen molar-refractivity contribution in [3.63, 3.8) is 0 Å². The van der Waals surface area contributed by atoms with Crippen LogP contribution < -0.4 is 0 Å². The maximum Gasteiger partial charge on any atom is 0.333 e. The van der Waals surface area contributed by atoms with Crippen LogP contribution in [-0.4, -0.2) is 58.6 Å². The van der Waals surface area contributed by atoms with Crippen molar-refractivity contribution in [2.75, 3.05) is 20.3 Å². The summed E-state index contributed by atoms with van der Waals surface area (Å²) in [5, 5.41) is 17.9. The molecule has 0 amide bonds. The fourth-order valence-corrected chi connectivity index (χ4v) is 3.13. The van der Waals surface area contributed by atoms with Crippen LogP contribution in [0.3, 0.4) is 0 Å². The van der Waals surface area contributed by atoms with Gasteiger partial charge in [0.25, 0.3) is 0 Å². The van der Waals surface area contributed by atoms with Crippen molar-refractivity contribution in [1.82, 2.24) is 4.90 Å². The molecule has 0 aromatic rings. The van der Waals surface area contributed by atoms with Crippen molar-refractivity contribution >= 4 is 23.4 Å². The molecule has 0 spiro atoms. The number of carbonyl (C=O) groups excluding carboxylic acids is 1. The molecule has 0 aromatic carbocycles. The zero-order valence-corrected chi connectivity index (χ0v) is 13.6. The van der Waals surface area contributed by atoms with Gasteiger partial charge in [-0.1, -0.05) is 6.08 Å². The number of rotatable bonds is 3. The van der Waals surface area contributed by atoms with Gasteiger partial charge < -0.3 is 24.6 Å². The average molecular weight is 354 g/mol. The van der Waals surface area contributed by atoms with Crippen LogP contribution in [0.5, 0.6) is 0 Å². The Balaban J connectivity index is 2.10. The van der Waals surface area contributed by atoms with Gasteiger partial charge in [-0.25, -0.2) is 4.79 Å². The Morgan fingerprint density at radius 1 is 1.54 bits per heavy atom. The first-order valence-electron chi connectivity index (χ1n) is 7.32. The summed E-state index contributed by atoms with van der Waals surface area (Å²) in [5.74, 6) is -0.832. The molecule has 2 atom stereocenters. The Morgan fingerprint density at radius 2 is 2.29 bits per heavy atom. The average Bonchev–Trinajstić information content (AvgIpc) is 2.73. The van der Waals surface area contributed by atoms with Gasteiger partial charge in [0, 0.05) is 18.7 Å². The third-order valence-electron chi connectivity index (χ3n) is 4.14. The Kier molecular flexibility index (Phi) is 4.38. The number of halogens is 1. The van der Waals surface area contributed by atoms with Gasteiger partial charge in [-0.15, -0.1) is 11.6 Å². The Labute approximate surface area is 143 Å². The number of allylic oxidation sites excluding steroid dienone is 4. The molecule has 0 aromatic heterocycles. The number of fused-ring (bicyclic) bond motifs is 2. The smallest absolute Gasteiger partial charge is 0.333 e. The molecule has 2 unspecified atom stereocenters. The number of methoxy groups -OCH3 is 1. The van der Waals surface area contributed by atoms with Crippen molar-refractivity contribution < 1.29 is 29.3 Å². The van der Waals surface area contributed by atoms with Gasteiger partial charge in [-0.2, -0.15) is 0 Å². The topological polar surface area (TPSA) is 96.3 Å². The van der Waals surface area contributed by atoms with Crippen LogP contribution in [0.2, 0.25) is 0 Å². The number of alkyl halides is 1.